The monoisotopic (exact) mass is 531 g/mol. The molecule has 3 amide bonds. The first-order valence-corrected chi connectivity index (χ1v) is 14.3. The van der Waals surface area contributed by atoms with E-state index in [-0.39, 0.29) is 30.4 Å². The first-order valence-electron chi connectivity index (χ1n) is 14.3. The summed E-state index contributed by atoms with van der Waals surface area (Å²) < 4.78 is 6.56. The maximum absolute atomic E-state index is 14.3. The van der Waals surface area contributed by atoms with Crippen molar-refractivity contribution in [3.8, 4) is 0 Å². The number of aliphatic hydroxyl groups excluding tert-OH is 1. The van der Waals surface area contributed by atoms with Gasteiger partial charge in [0, 0.05) is 12.6 Å². The highest BCUT2D eigenvalue weighted by molar-refractivity contribution is 5.99. The standard InChI is InChI=1S/C31H37N3O5/c35-19-23(21-12-6-2-7-13-21)34-27(29(37)33-22-14-8-3-9-15-22)31-17-16-24(39-31)25(26(31)30(34)38)28(36)32-18-20-10-4-1-5-11-20/h1-2,4-7,10-13,22-27,35H,3,8-9,14-19H2,(H,32,36)(H,33,37)/t23-,24-,25+,26+,27?,31?/m1/s1. The van der Waals surface area contributed by atoms with E-state index in [4.69, 9.17) is 4.74 Å². The van der Waals surface area contributed by atoms with Gasteiger partial charge in [-0.1, -0.05) is 79.9 Å². The summed E-state index contributed by atoms with van der Waals surface area (Å²) in [6, 6.07) is 17.4. The molecular weight excluding hydrogens is 494 g/mol. The second-order valence-electron chi connectivity index (χ2n) is 11.5. The summed E-state index contributed by atoms with van der Waals surface area (Å²) in [4.78, 5) is 43.5. The summed E-state index contributed by atoms with van der Waals surface area (Å²) in [6.45, 7) is 0.0233. The highest BCUT2D eigenvalue weighted by Crippen LogP contribution is 2.59. The second-order valence-corrected chi connectivity index (χ2v) is 11.5. The number of likely N-dealkylation sites (tertiary alicyclic amines) is 1. The van der Waals surface area contributed by atoms with Crippen LogP contribution in [-0.4, -0.2) is 58.1 Å². The lowest BCUT2D eigenvalue weighted by molar-refractivity contribution is -0.146. The normalized spacial score (nSPS) is 30.7. The van der Waals surface area contributed by atoms with Crippen LogP contribution in [0.5, 0.6) is 0 Å². The lowest BCUT2D eigenvalue weighted by Gasteiger charge is -2.38. The number of aliphatic hydroxyl groups is 1. The first-order chi connectivity index (χ1) is 19.0. The topological polar surface area (TPSA) is 108 Å². The van der Waals surface area contributed by atoms with Crippen molar-refractivity contribution >= 4 is 17.7 Å². The number of carbonyl (C=O) groups is 3. The Morgan fingerprint density at radius 3 is 2.36 bits per heavy atom. The van der Waals surface area contributed by atoms with Crippen LogP contribution in [0, 0.1) is 11.8 Å². The zero-order valence-electron chi connectivity index (χ0n) is 22.1. The van der Waals surface area contributed by atoms with E-state index >= 15 is 0 Å². The van der Waals surface area contributed by atoms with Crippen molar-refractivity contribution in [3.05, 3.63) is 71.8 Å². The minimum absolute atomic E-state index is 0.0616. The summed E-state index contributed by atoms with van der Waals surface area (Å²) in [5.74, 6) is -2.20. The van der Waals surface area contributed by atoms with Crippen molar-refractivity contribution in [2.45, 2.75) is 81.3 Å². The van der Waals surface area contributed by atoms with Crippen LogP contribution in [0.2, 0.25) is 0 Å². The van der Waals surface area contributed by atoms with Crippen molar-refractivity contribution in [3.63, 3.8) is 0 Å². The molecule has 39 heavy (non-hydrogen) atoms. The number of hydrogen-bond acceptors (Lipinski definition) is 5. The van der Waals surface area contributed by atoms with Gasteiger partial charge in [-0.15, -0.1) is 0 Å². The van der Waals surface area contributed by atoms with E-state index in [1.165, 1.54) is 4.90 Å². The SMILES string of the molecule is O=C(NC1CCCCC1)C1N([C@H](CO)c2ccccc2)C(=O)[C@@H]2[C@@H](C(=O)NCc3ccccc3)[C@H]3CCC12O3. The van der Waals surface area contributed by atoms with Gasteiger partial charge in [-0.05, 0) is 36.8 Å². The third-order valence-corrected chi connectivity index (χ3v) is 9.24. The zero-order chi connectivity index (χ0) is 27.0. The molecule has 2 aromatic rings. The number of nitrogens with zero attached hydrogens (tertiary/aromatic N) is 1. The Morgan fingerprint density at radius 1 is 0.974 bits per heavy atom. The summed E-state index contributed by atoms with van der Waals surface area (Å²) in [5, 5.41) is 16.8. The zero-order valence-corrected chi connectivity index (χ0v) is 22.1. The molecule has 6 atom stereocenters. The Hall–Kier alpha value is -3.23. The molecule has 0 aromatic heterocycles. The number of hydrogen-bond donors (Lipinski definition) is 3. The molecule has 3 heterocycles. The average molecular weight is 532 g/mol. The number of benzene rings is 2. The van der Waals surface area contributed by atoms with Gasteiger partial charge in [0.25, 0.3) is 0 Å². The molecule has 3 N–H and O–H groups in total. The van der Waals surface area contributed by atoms with Crippen LogP contribution in [0.15, 0.2) is 60.7 Å². The van der Waals surface area contributed by atoms with E-state index in [1.54, 1.807) is 0 Å². The van der Waals surface area contributed by atoms with Crippen molar-refractivity contribution in [1.82, 2.24) is 15.5 Å². The molecule has 206 valence electrons. The summed E-state index contributed by atoms with van der Waals surface area (Å²) in [5.41, 5.74) is 0.634. The lowest BCUT2D eigenvalue weighted by atomic mass is 9.70. The van der Waals surface area contributed by atoms with E-state index in [1.807, 2.05) is 60.7 Å². The predicted octanol–water partition coefficient (Wildman–Crippen LogP) is 2.86. The first kappa shape index (κ1) is 26.0. The fourth-order valence-electron chi connectivity index (χ4n) is 7.49. The van der Waals surface area contributed by atoms with Crippen molar-refractivity contribution in [2.24, 2.45) is 11.8 Å². The number of carbonyl (C=O) groups excluding carboxylic acids is 3. The smallest absolute Gasteiger partial charge is 0.246 e. The van der Waals surface area contributed by atoms with Gasteiger partial charge in [-0.2, -0.15) is 0 Å². The number of ether oxygens (including phenoxy) is 1. The lowest BCUT2D eigenvalue weighted by Crippen LogP contribution is -2.57. The van der Waals surface area contributed by atoms with E-state index in [2.05, 4.69) is 10.6 Å². The van der Waals surface area contributed by atoms with Gasteiger partial charge in [0.05, 0.1) is 30.6 Å². The average Bonchev–Trinajstić information content (AvgIpc) is 3.61. The van der Waals surface area contributed by atoms with E-state index in [9.17, 15) is 19.5 Å². The molecule has 3 aliphatic heterocycles. The van der Waals surface area contributed by atoms with Gasteiger partial charge >= 0.3 is 0 Å². The molecule has 0 radical (unpaired) electrons. The molecule has 8 heteroatoms. The fraction of sp³-hybridized carbons (Fsp3) is 0.516. The Balaban J connectivity index is 1.33. The highest BCUT2D eigenvalue weighted by atomic mass is 16.5. The van der Waals surface area contributed by atoms with Crippen LogP contribution in [0.25, 0.3) is 0 Å². The van der Waals surface area contributed by atoms with Crippen LogP contribution in [0.4, 0.5) is 0 Å². The molecule has 8 nitrogen and oxygen atoms in total. The molecule has 2 bridgehead atoms. The van der Waals surface area contributed by atoms with Crippen LogP contribution in [0.3, 0.4) is 0 Å². The van der Waals surface area contributed by atoms with Gasteiger partial charge in [0.1, 0.15) is 11.6 Å². The minimum atomic E-state index is -1.09. The number of fused-ring (bicyclic) bond motifs is 1. The Labute approximate surface area is 229 Å². The molecule has 1 aliphatic carbocycles. The molecule has 2 unspecified atom stereocenters. The Morgan fingerprint density at radius 2 is 1.67 bits per heavy atom. The van der Waals surface area contributed by atoms with Gasteiger partial charge in [-0.3, -0.25) is 14.4 Å². The fourth-order valence-corrected chi connectivity index (χ4v) is 7.49. The molecular formula is C31H37N3O5. The number of rotatable bonds is 8. The summed E-state index contributed by atoms with van der Waals surface area (Å²) in [7, 11) is 0. The molecule has 3 saturated heterocycles. The van der Waals surface area contributed by atoms with E-state index < -0.39 is 35.6 Å². The van der Waals surface area contributed by atoms with Crippen LogP contribution in [-0.2, 0) is 25.7 Å². The molecule has 4 aliphatic rings. The van der Waals surface area contributed by atoms with Gasteiger partial charge in [0.15, 0.2) is 0 Å². The summed E-state index contributed by atoms with van der Waals surface area (Å²) >= 11 is 0. The van der Waals surface area contributed by atoms with Gasteiger partial charge < -0.3 is 25.4 Å². The van der Waals surface area contributed by atoms with E-state index in [0.717, 1.165) is 43.2 Å². The van der Waals surface area contributed by atoms with Gasteiger partial charge in [-0.25, -0.2) is 0 Å². The quantitative estimate of drug-likeness (QED) is 0.486. The largest absolute Gasteiger partial charge is 0.394 e. The number of nitrogens with one attached hydrogen (secondary N) is 2. The predicted molar refractivity (Wildman–Crippen MR) is 144 cm³/mol. The molecule has 2 aromatic carbocycles. The number of amides is 3. The Kier molecular flexibility index (Phi) is 7.16. The van der Waals surface area contributed by atoms with Crippen molar-refractivity contribution < 1.29 is 24.2 Å². The maximum atomic E-state index is 14.3. The highest BCUT2D eigenvalue weighted by Gasteiger charge is 2.75. The molecule has 1 saturated carbocycles. The second kappa shape index (κ2) is 10.7. The molecule has 4 fully saturated rings. The maximum Gasteiger partial charge on any atom is 0.246 e. The Bertz CT molecular complexity index is 1200. The third-order valence-electron chi connectivity index (χ3n) is 9.24. The van der Waals surface area contributed by atoms with E-state index in [0.29, 0.717) is 19.4 Å². The van der Waals surface area contributed by atoms with Crippen LogP contribution >= 0.6 is 0 Å². The van der Waals surface area contributed by atoms with Crippen molar-refractivity contribution in [1.29, 1.82) is 0 Å². The third kappa shape index (κ3) is 4.53. The minimum Gasteiger partial charge on any atom is -0.394 e. The summed E-state index contributed by atoms with van der Waals surface area (Å²) in [6.07, 6.45) is 5.86. The van der Waals surface area contributed by atoms with Crippen LogP contribution in [0.1, 0.15) is 62.1 Å². The van der Waals surface area contributed by atoms with Gasteiger partial charge in [0.2, 0.25) is 17.7 Å². The molecule has 6 rings (SSSR count). The van der Waals surface area contributed by atoms with Crippen molar-refractivity contribution in [2.75, 3.05) is 6.61 Å². The molecule has 1 spiro atoms. The van der Waals surface area contributed by atoms with Crippen LogP contribution < -0.4 is 10.6 Å².